The monoisotopic (exact) mass is 299 g/mol. The molecule has 2 unspecified atom stereocenters. The maximum absolute atomic E-state index is 13.2. The molecule has 1 aromatic rings. The number of aliphatic carboxylic acids is 1. The molecule has 0 radical (unpaired) electrons. The van der Waals surface area contributed by atoms with Crippen LogP contribution in [0.2, 0.25) is 5.02 Å². The molecule has 0 amide bonds. The van der Waals surface area contributed by atoms with E-state index in [4.69, 9.17) is 16.7 Å². The van der Waals surface area contributed by atoms with Gasteiger partial charge in [0.05, 0.1) is 5.02 Å². The van der Waals surface area contributed by atoms with Crippen LogP contribution >= 0.6 is 11.6 Å². The summed E-state index contributed by atoms with van der Waals surface area (Å²) in [6, 6.07) is 4.90. The number of carbonyl (C=O) groups is 1. The number of hydrogen-bond acceptors (Lipinski definition) is 2. The van der Waals surface area contributed by atoms with E-state index in [1.165, 1.54) is 6.07 Å². The average molecular weight is 300 g/mol. The quantitative estimate of drug-likeness (QED) is 0.921. The first-order valence-corrected chi connectivity index (χ1v) is 7.26. The second-order valence-corrected chi connectivity index (χ2v) is 5.86. The van der Waals surface area contributed by atoms with Gasteiger partial charge in [-0.1, -0.05) is 17.7 Å². The first-order valence-electron chi connectivity index (χ1n) is 6.88. The van der Waals surface area contributed by atoms with E-state index in [1.54, 1.807) is 12.1 Å². The highest BCUT2D eigenvalue weighted by atomic mass is 35.5. The lowest BCUT2D eigenvalue weighted by atomic mass is 9.93. The zero-order valence-electron chi connectivity index (χ0n) is 11.5. The van der Waals surface area contributed by atoms with Crippen LogP contribution in [0.3, 0.4) is 0 Å². The summed E-state index contributed by atoms with van der Waals surface area (Å²) in [6.07, 6.45) is 2.17. The maximum atomic E-state index is 13.2. The Morgan fingerprint density at radius 2 is 2.35 bits per heavy atom. The van der Waals surface area contributed by atoms with Crippen molar-refractivity contribution < 1.29 is 14.3 Å². The lowest BCUT2D eigenvalue weighted by Gasteiger charge is -2.36. The van der Waals surface area contributed by atoms with Crippen LogP contribution in [-0.4, -0.2) is 29.1 Å². The molecule has 0 spiro atoms. The minimum absolute atomic E-state index is 0.115. The van der Waals surface area contributed by atoms with E-state index in [-0.39, 0.29) is 23.4 Å². The highest BCUT2D eigenvalue weighted by Gasteiger charge is 2.26. The van der Waals surface area contributed by atoms with Crippen molar-refractivity contribution >= 4 is 17.6 Å². The minimum Gasteiger partial charge on any atom is -0.481 e. The molecule has 1 aliphatic heterocycles. The van der Waals surface area contributed by atoms with Gasteiger partial charge in [0.1, 0.15) is 5.82 Å². The lowest BCUT2D eigenvalue weighted by Crippen LogP contribution is -2.38. The van der Waals surface area contributed by atoms with Crippen LogP contribution in [0.5, 0.6) is 0 Å². The van der Waals surface area contributed by atoms with E-state index in [0.717, 1.165) is 31.5 Å². The third kappa shape index (κ3) is 3.70. The summed E-state index contributed by atoms with van der Waals surface area (Å²) in [7, 11) is 0. The van der Waals surface area contributed by atoms with Crippen molar-refractivity contribution in [2.75, 3.05) is 13.1 Å². The summed E-state index contributed by atoms with van der Waals surface area (Å²) in [4.78, 5) is 13.1. The molecule has 20 heavy (non-hydrogen) atoms. The molecule has 110 valence electrons. The summed E-state index contributed by atoms with van der Waals surface area (Å²) in [6.45, 7) is 3.75. The summed E-state index contributed by atoms with van der Waals surface area (Å²) in [5.74, 6) is -0.959. The van der Waals surface area contributed by atoms with E-state index < -0.39 is 11.8 Å². The van der Waals surface area contributed by atoms with E-state index in [0.29, 0.717) is 0 Å². The predicted molar refractivity (Wildman–Crippen MR) is 76.4 cm³/mol. The molecule has 0 saturated carbocycles. The zero-order chi connectivity index (χ0) is 14.7. The average Bonchev–Trinajstić information content (AvgIpc) is 2.40. The normalized spacial score (nSPS) is 21.6. The molecule has 0 bridgehead atoms. The molecular formula is C15H19ClFNO2. The Hall–Kier alpha value is -1.13. The van der Waals surface area contributed by atoms with Crippen molar-refractivity contribution in [3.05, 3.63) is 34.6 Å². The Morgan fingerprint density at radius 3 is 3.00 bits per heavy atom. The van der Waals surface area contributed by atoms with Gasteiger partial charge >= 0.3 is 5.97 Å². The third-order valence-corrected chi connectivity index (χ3v) is 4.28. The molecule has 1 saturated heterocycles. The van der Waals surface area contributed by atoms with Gasteiger partial charge < -0.3 is 5.11 Å². The van der Waals surface area contributed by atoms with Gasteiger partial charge in [-0.05, 0) is 49.9 Å². The molecule has 3 nitrogen and oxygen atoms in total. The number of carboxylic acid groups (broad SMARTS) is 1. The number of nitrogens with zero attached hydrogens (tertiary/aromatic N) is 1. The van der Waals surface area contributed by atoms with Crippen molar-refractivity contribution in [1.82, 2.24) is 4.90 Å². The molecule has 5 heteroatoms. The van der Waals surface area contributed by atoms with Crippen LogP contribution in [0.25, 0.3) is 0 Å². The molecule has 1 heterocycles. The molecular weight excluding hydrogens is 281 g/mol. The predicted octanol–water partition coefficient (Wildman–Crippen LogP) is 3.73. The van der Waals surface area contributed by atoms with Crippen LogP contribution in [0.15, 0.2) is 18.2 Å². The Morgan fingerprint density at radius 1 is 1.60 bits per heavy atom. The molecule has 2 rings (SSSR count). The Labute approximate surface area is 123 Å². The van der Waals surface area contributed by atoms with Crippen LogP contribution in [0, 0.1) is 11.7 Å². The van der Waals surface area contributed by atoms with E-state index in [9.17, 15) is 9.18 Å². The minimum atomic E-state index is -0.741. The van der Waals surface area contributed by atoms with Crippen molar-refractivity contribution in [3.8, 4) is 0 Å². The van der Waals surface area contributed by atoms with Gasteiger partial charge in [-0.15, -0.1) is 0 Å². The zero-order valence-corrected chi connectivity index (χ0v) is 12.2. The van der Waals surface area contributed by atoms with Gasteiger partial charge in [0, 0.05) is 19.0 Å². The third-order valence-electron chi connectivity index (χ3n) is 3.99. The molecule has 1 N–H and O–H groups in total. The number of hydrogen-bond donors (Lipinski definition) is 1. The summed E-state index contributed by atoms with van der Waals surface area (Å²) < 4.78 is 13.2. The fourth-order valence-electron chi connectivity index (χ4n) is 2.85. The second-order valence-electron chi connectivity index (χ2n) is 5.45. The smallest absolute Gasteiger partial charge is 0.303 e. The van der Waals surface area contributed by atoms with E-state index in [2.05, 4.69) is 4.90 Å². The number of carboxylic acids is 1. The topological polar surface area (TPSA) is 40.5 Å². The van der Waals surface area contributed by atoms with Gasteiger partial charge in [-0.3, -0.25) is 9.69 Å². The Balaban J connectivity index is 2.05. The fraction of sp³-hybridized carbons (Fsp3) is 0.533. The molecule has 1 fully saturated rings. The number of piperidine rings is 1. The lowest BCUT2D eigenvalue weighted by molar-refractivity contribution is -0.138. The number of likely N-dealkylation sites (tertiary alicyclic amines) is 1. The van der Waals surface area contributed by atoms with Gasteiger partial charge in [0.2, 0.25) is 0 Å². The highest BCUT2D eigenvalue weighted by Crippen LogP contribution is 2.29. The summed E-state index contributed by atoms with van der Waals surface area (Å²) >= 11 is 5.82. The Bertz CT molecular complexity index is 495. The van der Waals surface area contributed by atoms with Crippen LogP contribution in [0.4, 0.5) is 4.39 Å². The summed E-state index contributed by atoms with van der Waals surface area (Å²) in [5, 5.41) is 9.03. The van der Waals surface area contributed by atoms with E-state index in [1.807, 2.05) is 6.92 Å². The van der Waals surface area contributed by atoms with Gasteiger partial charge in [0.25, 0.3) is 0 Å². The molecule has 0 aliphatic carbocycles. The van der Waals surface area contributed by atoms with Crippen molar-refractivity contribution in [3.63, 3.8) is 0 Å². The van der Waals surface area contributed by atoms with Crippen molar-refractivity contribution in [1.29, 1.82) is 0 Å². The number of halogens is 2. The first kappa shape index (κ1) is 15.3. The number of rotatable bonds is 4. The summed E-state index contributed by atoms with van der Waals surface area (Å²) in [5.41, 5.74) is 0.965. The fourth-order valence-corrected chi connectivity index (χ4v) is 3.03. The molecule has 1 aromatic carbocycles. The van der Waals surface area contributed by atoms with Gasteiger partial charge in [-0.25, -0.2) is 4.39 Å². The molecule has 1 aliphatic rings. The molecule has 0 aromatic heterocycles. The highest BCUT2D eigenvalue weighted by molar-refractivity contribution is 6.30. The van der Waals surface area contributed by atoms with Crippen LogP contribution in [-0.2, 0) is 4.79 Å². The van der Waals surface area contributed by atoms with Crippen LogP contribution in [0.1, 0.15) is 37.8 Å². The van der Waals surface area contributed by atoms with Crippen molar-refractivity contribution in [2.45, 2.75) is 32.2 Å². The first-order chi connectivity index (χ1) is 9.47. The molecule has 2 atom stereocenters. The Kier molecular flexibility index (Phi) is 5.00. The maximum Gasteiger partial charge on any atom is 0.303 e. The standard InChI is InChI=1S/C15H19ClFNO2/c1-10(12-4-5-14(17)13(16)8-12)18-6-2-3-11(9-18)7-15(19)20/h4-5,8,10-11H,2-3,6-7,9H2,1H3,(H,19,20). The van der Waals surface area contributed by atoms with Gasteiger partial charge in [0.15, 0.2) is 0 Å². The van der Waals surface area contributed by atoms with E-state index >= 15 is 0 Å². The SMILES string of the molecule is CC(c1ccc(F)c(Cl)c1)N1CCCC(CC(=O)O)C1. The largest absolute Gasteiger partial charge is 0.481 e. The van der Waals surface area contributed by atoms with Crippen LogP contribution < -0.4 is 0 Å². The van der Waals surface area contributed by atoms with Crippen molar-refractivity contribution in [2.24, 2.45) is 5.92 Å². The number of benzene rings is 1. The van der Waals surface area contributed by atoms with Gasteiger partial charge in [-0.2, -0.15) is 0 Å². The second kappa shape index (κ2) is 6.55.